The highest BCUT2D eigenvalue weighted by molar-refractivity contribution is 5.36. The first-order valence-corrected chi connectivity index (χ1v) is 8.06. The molecule has 0 aliphatic carbocycles. The van der Waals surface area contributed by atoms with Gasteiger partial charge in [0.25, 0.3) is 0 Å². The predicted molar refractivity (Wildman–Crippen MR) is 84.0 cm³/mol. The number of nitrogens with one attached hydrogen (secondary N) is 1. The molecular weight excluding hydrogens is 246 g/mol. The Balaban J connectivity index is 1.73. The molecule has 1 saturated heterocycles. The number of likely N-dealkylation sites (N-methyl/N-ethyl adjacent to an activating group) is 1. The van der Waals surface area contributed by atoms with Gasteiger partial charge in [-0.25, -0.2) is 0 Å². The van der Waals surface area contributed by atoms with E-state index in [9.17, 15) is 0 Å². The van der Waals surface area contributed by atoms with Crippen molar-refractivity contribution in [1.82, 2.24) is 15.1 Å². The predicted octanol–water partition coefficient (Wildman–Crippen LogP) is 2.03. The van der Waals surface area contributed by atoms with Gasteiger partial charge in [0.05, 0.1) is 0 Å². The first kappa shape index (κ1) is 14.1. The summed E-state index contributed by atoms with van der Waals surface area (Å²) < 4.78 is 0. The van der Waals surface area contributed by atoms with E-state index in [-0.39, 0.29) is 0 Å². The Kier molecular flexibility index (Phi) is 4.39. The molecule has 0 amide bonds. The van der Waals surface area contributed by atoms with E-state index in [1.807, 2.05) is 0 Å². The standard InChI is InChI=1S/C17H27N3/c1-3-20-9-6-16-12-15(4-5-17(16)14(20)2)13-19-10-7-18-8-11-19/h4-5,12,14,18H,3,6-11,13H2,1-2H3. The molecule has 2 aliphatic rings. The van der Waals surface area contributed by atoms with E-state index in [1.165, 1.54) is 31.6 Å². The van der Waals surface area contributed by atoms with Gasteiger partial charge in [0.15, 0.2) is 0 Å². The van der Waals surface area contributed by atoms with Crippen molar-refractivity contribution in [2.24, 2.45) is 0 Å². The summed E-state index contributed by atoms with van der Waals surface area (Å²) in [6.45, 7) is 12.7. The molecule has 0 saturated carbocycles. The molecule has 1 aromatic carbocycles. The van der Waals surface area contributed by atoms with Crippen LogP contribution in [0.3, 0.4) is 0 Å². The monoisotopic (exact) mass is 273 g/mol. The number of hydrogen-bond donors (Lipinski definition) is 1. The zero-order valence-corrected chi connectivity index (χ0v) is 12.9. The van der Waals surface area contributed by atoms with Gasteiger partial charge < -0.3 is 5.32 Å². The second kappa shape index (κ2) is 6.25. The van der Waals surface area contributed by atoms with E-state index in [4.69, 9.17) is 0 Å². The lowest BCUT2D eigenvalue weighted by atomic mass is 9.92. The molecule has 0 spiro atoms. The molecule has 3 nitrogen and oxygen atoms in total. The number of nitrogens with zero attached hydrogens (tertiary/aromatic N) is 2. The summed E-state index contributed by atoms with van der Waals surface area (Å²) in [4.78, 5) is 5.13. The van der Waals surface area contributed by atoms with Crippen molar-refractivity contribution in [2.75, 3.05) is 39.3 Å². The third-order valence-corrected chi connectivity index (χ3v) is 4.90. The topological polar surface area (TPSA) is 18.5 Å². The zero-order valence-electron chi connectivity index (χ0n) is 12.9. The lowest BCUT2D eigenvalue weighted by molar-refractivity contribution is 0.209. The van der Waals surface area contributed by atoms with Gasteiger partial charge in [0.1, 0.15) is 0 Å². The maximum Gasteiger partial charge on any atom is 0.0322 e. The fraction of sp³-hybridized carbons (Fsp3) is 0.647. The fourth-order valence-electron chi connectivity index (χ4n) is 3.60. The number of fused-ring (bicyclic) bond motifs is 1. The molecule has 1 unspecified atom stereocenters. The third kappa shape index (κ3) is 2.90. The summed E-state index contributed by atoms with van der Waals surface area (Å²) in [7, 11) is 0. The molecule has 0 radical (unpaired) electrons. The van der Waals surface area contributed by atoms with Gasteiger partial charge in [-0.3, -0.25) is 9.80 Å². The summed E-state index contributed by atoms with van der Waals surface area (Å²) in [5.74, 6) is 0. The molecule has 0 aromatic heterocycles. The van der Waals surface area contributed by atoms with Crippen LogP contribution in [0.15, 0.2) is 18.2 Å². The van der Waals surface area contributed by atoms with Gasteiger partial charge in [-0.15, -0.1) is 0 Å². The van der Waals surface area contributed by atoms with E-state index in [0.29, 0.717) is 6.04 Å². The van der Waals surface area contributed by atoms with Crippen LogP contribution in [0, 0.1) is 0 Å². The van der Waals surface area contributed by atoms with E-state index in [1.54, 1.807) is 11.1 Å². The zero-order chi connectivity index (χ0) is 13.9. The average molecular weight is 273 g/mol. The van der Waals surface area contributed by atoms with Crippen LogP contribution in [-0.4, -0.2) is 49.1 Å². The smallest absolute Gasteiger partial charge is 0.0322 e. The summed E-state index contributed by atoms with van der Waals surface area (Å²) in [5, 5.41) is 3.42. The Labute approximate surface area is 123 Å². The molecule has 0 bridgehead atoms. The Morgan fingerprint density at radius 2 is 2.00 bits per heavy atom. The highest BCUT2D eigenvalue weighted by Crippen LogP contribution is 2.29. The lowest BCUT2D eigenvalue weighted by Crippen LogP contribution is -2.42. The largest absolute Gasteiger partial charge is 0.314 e. The van der Waals surface area contributed by atoms with Crippen molar-refractivity contribution in [1.29, 1.82) is 0 Å². The number of benzene rings is 1. The Morgan fingerprint density at radius 3 is 2.75 bits per heavy atom. The molecule has 2 aliphatic heterocycles. The molecular formula is C17H27N3. The van der Waals surface area contributed by atoms with Crippen molar-refractivity contribution < 1.29 is 0 Å². The first-order valence-electron chi connectivity index (χ1n) is 8.06. The summed E-state index contributed by atoms with van der Waals surface area (Å²) in [6, 6.07) is 7.76. The third-order valence-electron chi connectivity index (χ3n) is 4.90. The molecule has 110 valence electrons. The summed E-state index contributed by atoms with van der Waals surface area (Å²) >= 11 is 0. The Morgan fingerprint density at radius 1 is 1.20 bits per heavy atom. The van der Waals surface area contributed by atoms with Crippen molar-refractivity contribution in [2.45, 2.75) is 32.9 Å². The van der Waals surface area contributed by atoms with Crippen molar-refractivity contribution in [3.05, 3.63) is 34.9 Å². The quantitative estimate of drug-likeness (QED) is 0.909. The molecule has 1 aromatic rings. The van der Waals surface area contributed by atoms with E-state index in [2.05, 4.69) is 47.2 Å². The van der Waals surface area contributed by atoms with Crippen LogP contribution < -0.4 is 5.32 Å². The Bertz CT molecular complexity index is 452. The van der Waals surface area contributed by atoms with Gasteiger partial charge in [-0.1, -0.05) is 25.1 Å². The first-order chi connectivity index (χ1) is 9.78. The lowest BCUT2D eigenvalue weighted by Gasteiger charge is -2.35. The summed E-state index contributed by atoms with van der Waals surface area (Å²) in [6.07, 6.45) is 1.21. The van der Waals surface area contributed by atoms with Crippen LogP contribution in [0.5, 0.6) is 0 Å². The van der Waals surface area contributed by atoms with E-state index in [0.717, 1.165) is 26.2 Å². The fourth-order valence-corrected chi connectivity index (χ4v) is 3.60. The SMILES string of the molecule is CCN1CCc2cc(CN3CCNCC3)ccc2C1C. The number of rotatable bonds is 3. The minimum atomic E-state index is 0.581. The molecule has 3 heteroatoms. The number of piperazine rings is 1. The van der Waals surface area contributed by atoms with Gasteiger partial charge in [0, 0.05) is 45.3 Å². The highest BCUT2D eigenvalue weighted by Gasteiger charge is 2.22. The van der Waals surface area contributed by atoms with Crippen LogP contribution in [0.25, 0.3) is 0 Å². The second-order valence-corrected chi connectivity index (χ2v) is 6.11. The van der Waals surface area contributed by atoms with Gasteiger partial charge in [0.2, 0.25) is 0 Å². The van der Waals surface area contributed by atoms with Crippen molar-refractivity contribution in [3.8, 4) is 0 Å². The molecule has 20 heavy (non-hydrogen) atoms. The van der Waals surface area contributed by atoms with Crippen LogP contribution in [0.4, 0.5) is 0 Å². The highest BCUT2D eigenvalue weighted by atomic mass is 15.2. The van der Waals surface area contributed by atoms with Gasteiger partial charge in [-0.05, 0) is 36.6 Å². The van der Waals surface area contributed by atoms with Crippen molar-refractivity contribution >= 4 is 0 Å². The van der Waals surface area contributed by atoms with Crippen LogP contribution in [0.1, 0.15) is 36.6 Å². The van der Waals surface area contributed by atoms with Crippen LogP contribution >= 0.6 is 0 Å². The number of hydrogen-bond acceptors (Lipinski definition) is 3. The average Bonchev–Trinajstić information content (AvgIpc) is 2.49. The van der Waals surface area contributed by atoms with Crippen LogP contribution in [-0.2, 0) is 13.0 Å². The maximum atomic E-state index is 3.42. The normalized spacial score (nSPS) is 24.6. The second-order valence-electron chi connectivity index (χ2n) is 6.11. The minimum absolute atomic E-state index is 0.581. The summed E-state index contributed by atoms with van der Waals surface area (Å²) in [5.41, 5.74) is 4.61. The molecule has 1 N–H and O–H groups in total. The van der Waals surface area contributed by atoms with E-state index < -0.39 is 0 Å². The Hall–Kier alpha value is -0.900. The maximum absolute atomic E-state index is 3.42. The minimum Gasteiger partial charge on any atom is -0.314 e. The van der Waals surface area contributed by atoms with Crippen LogP contribution in [0.2, 0.25) is 0 Å². The molecule has 1 fully saturated rings. The van der Waals surface area contributed by atoms with Gasteiger partial charge >= 0.3 is 0 Å². The van der Waals surface area contributed by atoms with Gasteiger partial charge in [-0.2, -0.15) is 0 Å². The van der Waals surface area contributed by atoms with Crippen molar-refractivity contribution in [3.63, 3.8) is 0 Å². The molecule has 3 rings (SSSR count). The molecule has 1 atom stereocenters. The molecule has 2 heterocycles. The van der Waals surface area contributed by atoms with E-state index >= 15 is 0 Å².